The Hall–Kier alpha value is -1.77. The maximum absolute atomic E-state index is 11.5. The molecule has 0 saturated carbocycles. The molecule has 0 radical (unpaired) electrons. The summed E-state index contributed by atoms with van der Waals surface area (Å²) in [7, 11) is 1.35. The second-order valence-electron chi connectivity index (χ2n) is 3.57. The van der Waals surface area contributed by atoms with E-state index in [1.54, 1.807) is 13.0 Å². The molecule has 1 aliphatic rings. The van der Waals surface area contributed by atoms with E-state index in [2.05, 4.69) is 0 Å². The Kier molecular flexibility index (Phi) is 2.23. The van der Waals surface area contributed by atoms with Gasteiger partial charge in [-0.3, -0.25) is 0 Å². The average Bonchev–Trinajstić information content (AvgIpc) is 2.27. The second kappa shape index (κ2) is 3.42. The van der Waals surface area contributed by atoms with Crippen molar-refractivity contribution in [2.75, 3.05) is 7.11 Å². The molecule has 1 unspecified atom stereocenters. The van der Waals surface area contributed by atoms with E-state index in [9.17, 15) is 4.79 Å². The SMILES string of the molecule is COC(=O)C1(C)C=Cc2ccccc2O1. The van der Waals surface area contributed by atoms with Crippen LogP contribution in [0.15, 0.2) is 30.3 Å². The van der Waals surface area contributed by atoms with Crippen molar-refractivity contribution in [1.82, 2.24) is 0 Å². The van der Waals surface area contributed by atoms with Crippen molar-refractivity contribution >= 4 is 12.0 Å². The van der Waals surface area contributed by atoms with E-state index in [1.165, 1.54) is 7.11 Å². The van der Waals surface area contributed by atoms with Gasteiger partial charge in [0.25, 0.3) is 0 Å². The summed E-state index contributed by atoms with van der Waals surface area (Å²) in [5.74, 6) is 0.307. The number of benzene rings is 1. The van der Waals surface area contributed by atoms with E-state index in [0.717, 1.165) is 5.56 Å². The summed E-state index contributed by atoms with van der Waals surface area (Å²) in [4.78, 5) is 11.5. The summed E-state index contributed by atoms with van der Waals surface area (Å²) in [6.07, 6.45) is 3.58. The van der Waals surface area contributed by atoms with E-state index < -0.39 is 11.6 Å². The summed E-state index contributed by atoms with van der Waals surface area (Å²) in [6.45, 7) is 1.69. The molecule has 3 heteroatoms. The molecule has 1 aromatic rings. The van der Waals surface area contributed by atoms with Crippen LogP contribution in [-0.4, -0.2) is 18.7 Å². The number of hydrogen-bond donors (Lipinski definition) is 0. The standard InChI is InChI=1S/C12H12O3/c1-12(11(13)14-2)8-7-9-5-3-4-6-10(9)15-12/h3-8H,1-2H3. The van der Waals surface area contributed by atoms with Crippen molar-refractivity contribution in [2.45, 2.75) is 12.5 Å². The van der Waals surface area contributed by atoms with Crippen molar-refractivity contribution in [3.8, 4) is 5.75 Å². The minimum Gasteiger partial charge on any atom is -0.471 e. The van der Waals surface area contributed by atoms with Gasteiger partial charge < -0.3 is 9.47 Å². The van der Waals surface area contributed by atoms with Crippen LogP contribution in [0.5, 0.6) is 5.75 Å². The molecule has 78 valence electrons. The van der Waals surface area contributed by atoms with Crippen LogP contribution in [-0.2, 0) is 9.53 Å². The number of hydrogen-bond acceptors (Lipinski definition) is 3. The molecule has 0 aliphatic carbocycles. The van der Waals surface area contributed by atoms with Gasteiger partial charge in [-0.25, -0.2) is 4.79 Å². The predicted octanol–water partition coefficient (Wildman–Crippen LogP) is 2.02. The Morgan fingerprint density at radius 3 is 2.87 bits per heavy atom. The highest BCUT2D eigenvalue weighted by atomic mass is 16.6. The predicted molar refractivity (Wildman–Crippen MR) is 56.5 cm³/mol. The number of esters is 1. The molecule has 0 bridgehead atoms. The van der Waals surface area contributed by atoms with E-state index in [4.69, 9.17) is 9.47 Å². The van der Waals surface area contributed by atoms with Gasteiger partial charge in [-0.15, -0.1) is 0 Å². The highest BCUT2D eigenvalue weighted by Gasteiger charge is 2.36. The number of para-hydroxylation sites is 1. The Morgan fingerprint density at radius 2 is 2.13 bits per heavy atom. The molecule has 15 heavy (non-hydrogen) atoms. The molecule has 3 nitrogen and oxygen atoms in total. The number of fused-ring (bicyclic) bond motifs is 1. The lowest BCUT2D eigenvalue weighted by molar-refractivity contribution is -0.153. The van der Waals surface area contributed by atoms with Crippen molar-refractivity contribution in [1.29, 1.82) is 0 Å². The number of rotatable bonds is 1. The van der Waals surface area contributed by atoms with Gasteiger partial charge in [-0.2, -0.15) is 0 Å². The fourth-order valence-corrected chi connectivity index (χ4v) is 1.53. The number of ether oxygens (including phenoxy) is 2. The van der Waals surface area contributed by atoms with Crippen molar-refractivity contribution in [3.63, 3.8) is 0 Å². The lowest BCUT2D eigenvalue weighted by atomic mass is 10.0. The fourth-order valence-electron chi connectivity index (χ4n) is 1.53. The van der Waals surface area contributed by atoms with E-state index in [-0.39, 0.29) is 0 Å². The zero-order valence-electron chi connectivity index (χ0n) is 8.69. The summed E-state index contributed by atoms with van der Waals surface area (Å²) >= 11 is 0. The minimum atomic E-state index is -1.01. The minimum absolute atomic E-state index is 0.395. The van der Waals surface area contributed by atoms with Crippen molar-refractivity contribution in [3.05, 3.63) is 35.9 Å². The molecule has 0 fully saturated rings. The zero-order chi connectivity index (χ0) is 10.9. The van der Waals surface area contributed by atoms with Crippen LogP contribution in [0.2, 0.25) is 0 Å². The third kappa shape index (κ3) is 1.61. The Balaban J connectivity index is 2.37. The number of methoxy groups -OCH3 is 1. The van der Waals surface area contributed by atoms with Crippen LogP contribution < -0.4 is 4.74 Å². The lowest BCUT2D eigenvalue weighted by Gasteiger charge is -2.28. The average molecular weight is 204 g/mol. The van der Waals surface area contributed by atoms with Gasteiger partial charge in [0.05, 0.1) is 7.11 Å². The molecule has 1 heterocycles. The molecule has 1 aliphatic heterocycles. The summed E-state index contributed by atoms with van der Waals surface area (Å²) in [5.41, 5.74) is -0.0396. The lowest BCUT2D eigenvalue weighted by Crippen LogP contribution is -2.41. The third-order valence-electron chi connectivity index (χ3n) is 2.41. The first-order valence-corrected chi connectivity index (χ1v) is 4.71. The molecule has 2 rings (SSSR count). The smallest absolute Gasteiger partial charge is 0.354 e. The fraction of sp³-hybridized carbons (Fsp3) is 0.250. The maximum Gasteiger partial charge on any atom is 0.354 e. The van der Waals surface area contributed by atoms with Gasteiger partial charge in [0.15, 0.2) is 0 Å². The second-order valence-corrected chi connectivity index (χ2v) is 3.57. The van der Waals surface area contributed by atoms with Gasteiger partial charge in [0.2, 0.25) is 5.60 Å². The first-order chi connectivity index (χ1) is 7.15. The molecule has 0 aromatic heterocycles. The van der Waals surface area contributed by atoms with Gasteiger partial charge >= 0.3 is 5.97 Å². The molecular weight excluding hydrogens is 192 g/mol. The highest BCUT2D eigenvalue weighted by Crippen LogP contribution is 2.31. The van der Waals surface area contributed by atoms with Crippen LogP contribution in [0, 0.1) is 0 Å². The molecule has 0 spiro atoms. The van der Waals surface area contributed by atoms with Gasteiger partial charge in [0.1, 0.15) is 5.75 Å². The van der Waals surface area contributed by atoms with Crippen LogP contribution in [0.3, 0.4) is 0 Å². The van der Waals surface area contributed by atoms with Crippen molar-refractivity contribution in [2.24, 2.45) is 0 Å². The normalized spacial score (nSPS) is 22.8. The molecule has 1 aromatic carbocycles. The van der Waals surface area contributed by atoms with Crippen LogP contribution in [0.25, 0.3) is 6.08 Å². The van der Waals surface area contributed by atoms with Crippen LogP contribution in [0.1, 0.15) is 12.5 Å². The van der Waals surface area contributed by atoms with Crippen molar-refractivity contribution < 1.29 is 14.3 Å². The van der Waals surface area contributed by atoms with Gasteiger partial charge in [-0.1, -0.05) is 24.3 Å². The quantitative estimate of drug-likeness (QED) is 0.656. The van der Waals surface area contributed by atoms with Crippen LogP contribution >= 0.6 is 0 Å². The topological polar surface area (TPSA) is 35.5 Å². The Bertz CT molecular complexity index is 423. The Labute approximate surface area is 88.3 Å². The summed E-state index contributed by atoms with van der Waals surface area (Å²) in [6, 6.07) is 7.56. The number of carbonyl (C=O) groups is 1. The molecular formula is C12H12O3. The first-order valence-electron chi connectivity index (χ1n) is 4.71. The first kappa shape index (κ1) is 9.77. The van der Waals surface area contributed by atoms with Gasteiger partial charge in [0, 0.05) is 5.56 Å². The van der Waals surface area contributed by atoms with E-state index >= 15 is 0 Å². The van der Waals surface area contributed by atoms with E-state index in [1.807, 2.05) is 30.3 Å². The Morgan fingerprint density at radius 1 is 1.40 bits per heavy atom. The zero-order valence-corrected chi connectivity index (χ0v) is 8.69. The number of carbonyl (C=O) groups excluding carboxylic acids is 1. The highest BCUT2D eigenvalue weighted by molar-refractivity contribution is 5.85. The van der Waals surface area contributed by atoms with E-state index in [0.29, 0.717) is 5.75 Å². The molecule has 0 N–H and O–H groups in total. The van der Waals surface area contributed by atoms with Gasteiger partial charge in [-0.05, 0) is 19.1 Å². The molecule has 0 saturated heterocycles. The monoisotopic (exact) mass is 204 g/mol. The summed E-state index contributed by atoms with van der Waals surface area (Å²) in [5, 5.41) is 0. The third-order valence-corrected chi connectivity index (χ3v) is 2.41. The summed E-state index contributed by atoms with van der Waals surface area (Å²) < 4.78 is 10.3. The largest absolute Gasteiger partial charge is 0.471 e. The molecule has 0 amide bonds. The van der Waals surface area contributed by atoms with Crippen LogP contribution in [0.4, 0.5) is 0 Å². The maximum atomic E-state index is 11.5. The molecule has 1 atom stereocenters.